The first-order chi connectivity index (χ1) is 9.37. The third kappa shape index (κ3) is 3.73. The Morgan fingerprint density at radius 1 is 1.50 bits per heavy atom. The fourth-order valence-electron chi connectivity index (χ4n) is 2.62. The summed E-state index contributed by atoms with van der Waals surface area (Å²) in [6.07, 6.45) is 1.16. The first-order valence-electron chi connectivity index (χ1n) is 7.09. The van der Waals surface area contributed by atoms with E-state index in [2.05, 4.69) is 5.32 Å². The minimum Gasteiger partial charge on any atom is -0.493 e. The van der Waals surface area contributed by atoms with Crippen molar-refractivity contribution in [2.75, 3.05) is 13.2 Å². The van der Waals surface area contributed by atoms with Crippen molar-refractivity contribution in [3.05, 3.63) is 29.3 Å². The van der Waals surface area contributed by atoms with Crippen molar-refractivity contribution in [2.45, 2.75) is 39.7 Å². The molecular weight excluding hydrogens is 254 g/mol. The van der Waals surface area contributed by atoms with Gasteiger partial charge < -0.3 is 15.2 Å². The Hall–Kier alpha value is -1.55. The molecule has 1 aromatic carbocycles. The molecule has 0 spiro atoms. The lowest BCUT2D eigenvalue weighted by Gasteiger charge is -2.26. The summed E-state index contributed by atoms with van der Waals surface area (Å²) in [5, 5.41) is 12.4. The number of benzene rings is 1. The highest BCUT2D eigenvalue weighted by Gasteiger charge is 2.22. The Morgan fingerprint density at radius 2 is 2.25 bits per heavy atom. The standard InChI is InChI=1S/C16H23NO3/c1-11(18)9-16(2,3)10-17-15(19)13-4-5-14-12(8-13)6-7-20-14/h4-5,8,11,18H,6-7,9-10H2,1-3H3,(H,17,19). The maximum Gasteiger partial charge on any atom is 0.251 e. The first kappa shape index (κ1) is 14.9. The summed E-state index contributed by atoms with van der Waals surface area (Å²) in [4.78, 5) is 12.2. The van der Waals surface area contributed by atoms with Gasteiger partial charge in [-0.3, -0.25) is 4.79 Å². The van der Waals surface area contributed by atoms with Crippen molar-refractivity contribution >= 4 is 5.91 Å². The largest absolute Gasteiger partial charge is 0.493 e. The van der Waals surface area contributed by atoms with E-state index in [0.717, 1.165) is 17.7 Å². The molecule has 0 fully saturated rings. The van der Waals surface area contributed by atoms with E-state index in [1.807, 2.05) is 26.0 Å². The van der Waals surface area contributed by atoms with E-state index in [0.29, 0.717) is 25.1 Å². The van der Waals surface area contributed by atoms with Gasteiger partial charge in [-0.2, -0.15) is 0 Å². The molecule has 1 aromatic rings. The second-order valence-electron chi connectivity index (χ2n) is 6.32. The zero-order valence-corrected chi connectivity index (χ0v) is 12.4. The van der Waals surface area contributed by atoms with Crippen LogP contribution in [0.3, 0.4) is 0 Å². The summed E-state index contributed by atoms with van der Waals surface area (Å²) < 4.78 is 5.43. The molecule has 0 saturated carbocycles. The first-order valence-corrected chi connectivity index (χ1v) is 7.09. The molecule has 0 saturated heterocycles. The van der Waals surface area contributed by atoms with Gasteiger partial charge in [0.2, 0.25) is 0 Å². The topological polar surface area (TPSA) is 58.6 Å². The number of fused-ring (bicyclic) bond motifs is 1. The molecule has 0 aromatic heterocycles. The van der Waals surface area contributed by atoms with Gasteiger partial charge in [0.1, 0.15) is 5.75 Å². The molecule has 1 heterocycles. The fourth-order valence-corrected chi connectivity index (χ4v) is 2.62. The van der Waals surface area contributed by atoms with E-state index in [4.69, 9.17) is 4.74 Å². The van der Waals surface area contributed by atoms with Gasteiger partial charge in [-0.25, -0.2) is 0 Å². The molecule has 20 heavy (non-hydrogen) atoms. The Kier molecular flexibility index (Phi) is 4.33. The molecule has 2 rings (SSSR count). The zero-order chi connectivity index (χ0) is 14.8. The average Bonchev–Trinajstić information content (AvgIpc) is 2.81. The number of carbonyl (C=O) groups is 1. The summed E-state index contributed by atoms with van der Waals surface area (Å²) in [5.41, 5.74) is 1.65. The minimum atomic E-state index is -0.362. The van der Waals surface area contributed by atoms with Crippen molar-refractivity contribution in [3.63, 3.8) is 0 Å². The SMILES string of the molecule is CC(O)CC(C)(C)CNC(=O)c1ccc2c(c1)CCO2. The van der Waals surface area contributed by atoms with Crippen LogP contribution in [0, 0.1) is 5.41 Å². The van der Waals surface area contributed by atoms with E-state index in [-0.39, 0.29) is 17.4 Å². The lowest BCUT2D eigenvalue weighted by molar-refractivity contribution is 0.0902. The van der Waals surface area contributed by atoms with Crippen LogP contribution in [0.15, 0.2) is 18.2 Å². The highest BCUT2D eigenvalue weighted by molar-refractivity contribution is 5.94. The van der Waals surface area contributed by atoms with Crippen LogP contribution in [0.1, 0.15) is 43.1 Å². The van der Waals surface area contributed by atoms with Gasteiger partial charge in [0.05, 0.1) is 12.7 Å². The zero-order valence-electron chi connectivity index (χ0n) is 12.4. The van der Waals surface area contributed by atoms with Gasteiger partial charge in [0.15, 0.2) is 0 Å². The molecule has 2 N–H and O–H groups in total. The van der Waals surface area contributed by atoms with Crippen molar-refractivity contribution < 1.29 is 14.6 Å². The van der Waals surface area contributed by atoms with Crippen molar-refractivity contribution in [3.8, 4) is 5.75 Å². The highest BCUT2D eigenvalue weighted by atomic mass is 16.5. The monoisotopic (exact) mass is 277 g/mol. The number of nitrogens with one attached hydrogen (secondary N) is 1. The summed E-state index contributed by atoms with van der Waals surface area (Å²) in [6.45, 7) is 7.09. The number of ether oxygens (including phenoxy) is 1. The molecule has 0 radical (unpaired) electrons. The predicted octanol–water partition coefficient (Wildman–Crippen LogP) is 2.15. The lowest BCUT2D eigenvalue weighted by Crippen LogP contribution is -2.35. The summed E-state index contributed by atoms with van der Waals surface area (Å²) >= 11 is 0. The molecule has 0 aliphatic carbocycles. The van der Waals surface area contributed by atoms with Crippen LogP contribution in [0.5, 0.6) is 5.75 Å². The van der Waals surface area contributed by atoms with E-state index >= 15 is 0 Å². The van der Waals surface area contributed by atoms with E-state index < -0.39 is 0 Å². The third-order valence-electron chi connectivity index (χ3n) is 3.53. The number of aliphatic hydroxyl groups excluding tert-OH is 1. The minimum absolute atomic E-state index is 0.0710. The molecule has 4 nitrogen and oxygen atoms in total. The van der Waals surface area contributed by atoms with E-state index in [1.165, 1.54) is 0 Å². The number of amides is 1. The Balaban J connectivity index is 1.95. The van der Waals surface area contributed by atoms with Crippen LogP contribution < -0.4 is 10.1 Å². The second-order valence-corrected chi connectivity index (χ2v) is 6.32. The average molecular weight is 277 g/mol. The number of aliphatic hydroxyl groups is 1. The van der Waals surface area contributed by atoms with Gasteiger partial charge in [-0.1, -0.05) is 13.8 Å². The molecule has 1 aliphatic rings. The molecule has 1 aliphatic heterocycles. The molecule has 1 unspecified atom stereocenters. The van der Waals surface area contributed by atoms with Gasteiger partial charge in [-0.05, 0) is 42.5 Å². The predicted molar refractivity (Wildman–Crippen MR) is 78.1 cm³/mol. The number of carbonyl (C=O) groups excluding carboxylic acids is 1. The molecule has 1 amide bonds. The van der Waals surface area contributed by atoms with Crippen LogP contribution in [0.4, 0.5) is 0 Å². The highest BCUT2D eigenvalue weighted by Crippen LogP contribution is 2.26. The Morgan fingerprint density at radius 3 is 2.95 bits per heavy atom. The second kappa shape index (κ2) is 5.83. The smallest absolute Gasteiger partial charge is 0.251 e. The van der Waals surface area contributed by atoms with Gasteiger partial charge in [0.25, 0.3) is 5.91 Å². The maximum atomic E-state index is 12.2. The molecule has 1 atom stereocenters. The maximum absolute atomic E-state index is 12.2. The lowest BCUT2D eigenvalue weighted by atomic mass is 9.87. The van der Waals surface area contributed by atoms with Crippen LogP contribution in [-0.2, 0) is 6.42 Å². The number of hydrogen-bond acceptors (Lipinski definition) is 3. The summed E-state index contributed by atoms with van der Waals surface area (Å²) in [7, 11) is 0. The van der Waals surface area contributed by atoms with Gasteiger partial charge in [0, 0.05) is 18.5 Å². The quantitative estimate of drug-likeness (QED) is 0.867. The van der Waals surface area contributed by atoms with Crippen molar-refractivity contribution in [2.24, 2.45) is 5.41 Å². The molecule has 110 valence electrons. The number of hydrogen-bond donors (Lipinski definition) is 2. The van der Waals surface area contributed by atoms with Crippen LogP contribution in [-0.4, -0.2) is 30.3 Å². The summed E-state index contributed by atoms with van der Waals surface area (Å²) in [6, 6.07) is 5.55. The molecular formula is C16H23NO3. The third-order valence-corrected chi connectivity index (χ3v) is 3.53. The molecule has 0 bridgehead atoms. The number of rotatable bonds is 5. The van der Waals surface area contributed by atoms with Gasteiger partial charge in [-0.15, -0.1) is 0 Å². The van der Waals surface area contributed by atoms with Gasteiger partial charge >= 0.3 is 0 Å². The fraction of sp³-hybridized carbons (Fsp3) is 0.562. The van der Waals surface area contributed by atoms with E-state index in [1.54, 1.807) is 13.0 Å². The Bertz CT molecular complexity index is 494. The van der Waals surface area contributed by atoms with Crippen LogP contribution in [0.2, 0.25) is 0 Å². The van der Waals surface area contributed by atoms with Crippen LogP contribution in [0.25, 0.3) is 0 Å². The van der Waals surface area contributed by atoms with Crippen LogP contribution >= 0.6 is 0 Å². The summed E-state index contributed by atoms with van der Waals surface area (Å²) in [5.74, 6) is 0.814. The molecule has 4 heteroatoms. The van der Waals surface area contributed by atoms with Crippen molar-refractivity contribution in [1.82, 2.24) is 5.32 Å². The van der Waals surface area contributed by atoms with Crippen molar-refractivity contribution in [1.29, 1.82) is 0 Å². The Labute approximate surface area is 120 Å². The van der Waals surface area contributed by atoms with E-state index in [9.17, 15) is 9.90 Å². The normalized spacial score (nSPS) is 15.4.